The molecule has 128 valence electrons. The number of aromatic nitrogens is 3. The minimum Gasteiger partial charge on any atom is -0.356 e. The summed E-state index contributed by atoms with van der Waals surface area (Å²) < 4.78 is 1.99. The van der Waals surface area contributed by atoms with Crippen molar-refractivity contribution < 1.29 is 0 Å². The first-order chi connectivity index (χ1) is 10.1. The molecule has 1 heterocycles. The number of guanidine groups is 1. The molecule has 22 heavy (non-hydrogen) atoms. The van der Waals surface area contributed by atoms with Crippen molar-refractivity contribution in [1.82, 2.24) is 25.0 Å². The van der Waals surface area contributed by atoms with Gasteiger partial charge in [0, 0.05) is 27.2 Å². The molecule has 7 heteroatoms. The summed E-state index contributed by atoms with van der Waals surface area (Å²) in [6.45, 7) is 8.89. The lowest BCUT2D eigenvalue weighted by Crippen LogP contribution is -2.40. The zero-order chi connectivity index (χ0) is 15.7. The Morgan fingerprint density at radius 3 is 2.45 bits per heavy atom. The molecular weight excluding hydrogens is 391 g/mol. The molecule has 0 aliphatic rings. The van der Waals surface area contributed by atoms with E-state index in [1.54, 1.807) is 0 Å². The van der Waals surface area contributed by atoms with E-state index in [1.165, 1.54) is 19.3 Å². The first-order valence-electron chi connectivity index (χ1n) is 7.94. The average Bonchev–Trinajstić information content (AvgIpc) is 2.80. The minimum absolute atomic E-state index is 0. The molecule has 0 unspecified atom stereocenters. The van der Waals surface area contributed by atoms with Gasteiger partial charge in [-0.25, -0.2) is 4.99 Å². The van der Waals surface area contributed by atoms with E-state index in [9.17, 15) is 0 Å². The summed E-state index contributed by atoms with van der Waals surface area (Å²) in [6.07, 6.45) is 4.70. The molecule has 0 saturated heterocycles. The number of halogens is 1. The monoisotopic (exact) mass is 422 g/mol. The Labute approximate surface area is 151 Å². The number of hydrogen-bond donors (Lipinski definition) is 1. The van der Waals surface area contributed by atoms with Crippen molar-refractivity contribution in [3.63, 3.8) is 0 Å². The Balaban J connectivity index is 0.00000441. The van der Waals surface area contributed by atoms with Gasteiger partial charge in [0.1, 0.15) is 12.4 Å². The molecule has 1 aromatic heterocycles. The van der Waals surface area contributed by atoms with Gasteiger partial charge in [-0.3, -0.25) is 0 Å². The summed E-state index contributed by atoms with van der Waals surface area (Å²) in [5.74, 6) is 2.77. The SMILES string of the molecule is CCCCNC(=NCc1nnc(C)n1C)N(C)CCCC.I. The van der Waals surface area contributed by atoms with Crippen molar-refractivity contribution in [2.24, 2.45) is 12.0 Å². The lowest BCUT2D eigenvalue weighted by Gasteiger charge is -2.22. The second-order valence-corrected chi connectivity index (χ2v) is 5.42. The number of aryl methyl sites for hydroxylation is 1. The van der Waals surface area contributed by atoms with Crippen LogP contribution >= 0.6 is 24.0 Å². The number of nitrogens with one attached hydrogen (secondary N) is 1. The van der Waals surface area contributed by atoms with Crippen molar-refractivity contribution >= 4 is 29.9 Å². The van der Waals surface area contributed by atoms with E-state index < -0.39 is 0 Å². The largest absolute Gasteiger partial charge is 0.356 e. The lowest BCUT2D eigenvalue weighted by atomic mass is 10.3. The molecule has 0 amide bonds. The molecular formula is C15H31IN6. The predicted molar refractivity (Wildman–Crippen MR) is 103 cm³/mol. The summed E-state index contributed by atoms with van der Waals surface area (Å²) in [7, 11) is 4.07. The fraction of sp³-hybridized carbons (Fsp3) is 0.800. The van der Waals surface area contributed by atoms with Gasteiger partial charge < -0.3 is 14.8 Å². The van der Waals surface area contributed by atoms with Crippen LogP contribution in [-0.4, -0.2) is 45.8 Å². The fourth-order valence-corrected chi connectivity index (χ4v) is 1.92. The van der Waals surface area contributed by atoms with Crippen molar-refractivity contribution in [1.29, 1.82) is 0 Å². The summed E-state index contributed by atoms with van der Waals surface area (Å²) >= 11 is 0. The lowest BCUT2D eigenvalue weighted by molar-refractivity contribution is 0.461. The maximum atomic E-state index is 4.70. The number of unbranched alkanes of at least 4 members (excludes halogenated alkanes) is 2. The molecule has 6 nitrogen and oxygen atoms in total. The molecule has 0 atom stereocenters. The highest BCUT2D eigenvalue weighted by atomic mass is 127. The Hall–Kier alpha value is -0.860. The van der Waals surface area contributed by atoms with Crippen LogP contribution in [-0.2, 0) is 13.6 Å². The van der Waals surface area contributed by atoms with Gasteiger partial charge >= 0.3 is 0 Å². The van der Waals surface area contributed by atoms with E-state index in [4.69, 9.17) is 4.99 Å². The summed E-state index contributed by atoms with van der Waals surface area (Å²) in [5, 5.41) is 11.7. The van der Waals surface area contributed by atoms with Gasteiger partial charge in [-0.15, -0.1) is 34.2 Å². The van der Waals surface area contributed by atoms with E-state index in [2.05, 4.69) is 41.3 Å². The first kappa shape index (κ1) is 21.1. The third kappa shape index (κ3) is 6.93. The molecule has 1 N–H and O–H groups in total. The van der Waals surface area contributed by atoms with Crippen LogP contribution in [0.4, 0.5) is 0 Å². The molecule has 0 aliphatic carbocycles. The number of rotatable bonds is 8. The van der Waals surface area contributed by atoms with Crippen LogP contribution in [0, 0.1) is 6.92 Å². The van der Waals surface area contributed by atoms with Gasteiger partial charge in [0.25, 0.3) is 0 Å². The van der Waals surface area contributed by atoms with Gasteiger partial charge in [0.15, 0.2) is 11.8 Å². The highest BCUT2D eigenvalue weighted by molar-refractivity contribution is 14.0. The maximum absolute atomic E-state index is 4.70. The normalized spacial score (nSPS) is 11.2. The summed E-state index contributed by atoms with van der Waals surface area (Å²) in [5.41, 5.74) is 0. The zero-order valence-electron chi connectivity index (χ0n) is 14.6. The molecule has 0 fully saturated rings. The second-order valence-electron chi connectivity index (χ2n) is 5.42. The highest BCUT2D eigenvalue weighted by Gasteiger charge is 2.08. The molecule has 0 aromatic carbocycles. The molecule has 0 spiro atoms. The number of aliphatic imine (C=N–C) groups is 1. The Morgan fingerprint density at radius 2 is 1.91 bits per heavy atom. The van der Waals surface area contributed by atoms with Crippen LogP contribution in [0.3, 0.4) is 0 Å². The Bertz CT molecular complexity index is 443. The van der Waals surface area contributed by atoms with Crippen molar-refractivity contribution in [2.45, 2.75) is 53.0 Å². The van der Waals surface area contributed by atoms with E-state index in [0.29, 0.717) is 6.54 Å². The van der Waals surface area contributed by atoms with Crippen LogP contribution in [0.15, 0.2) is 4.99 Å². The molecule has 1 aromatic rings. The van der Waals surface area contributed by atoms with E-state index in [1.807, 2.05) is 18.5 Å². The summed E-state index contributed by atoms with van der Waals surface area (Å²) in [4.78, 5) is 6.90. The third-order valence-electron chi connectivity index (χ3n) is 3.58. The first-order valence-corrected chi connectivity index (χ1v) is 7.94. The van der Waals surface area contributed by atoms with Crippen LogP contribution in [0.1, 0.15) is 51.2 Å². The predicted octanol–water partition coefficient (Wildman–Crippen LogP) is 2.72. The van der Waals surface area contributed by atoms with Gasteiger partial charge in [-0.2, -0.15) is 0 Å². The quantitative estimate of drug-likeness (QED) is 0.303. The molecule has 0 radical (unpaired) electrons. The van der Waals surface area contributed by atoms with E-state index in [0.717, 1.165) is 37.1 Å². The number of hydrogen-bond acceptors (Lipinski definition) is 3. The second kappa shape index (κ2) is 11.7. The van der Waals surface area contributed by atoms with Crippen LogP contribution < -0.4 is 5.32 Å². The van der Waals surface area contributed by atoms with Crippen molar-refractivity contribution in [3.8, 4) is 0 Å². The van der Waals surface area contributed by atoms with Crippen molar-refractivity contribution in [2.75, 3.05) is 20.1 Å². The smallest absolute Gasteiger partial charge is 0.194 e. The van der Waals surface area contributed by atoms with E-state index in [-0.39, 0.29) is 24.0 Å². The van der Waals surface area contributed by atoms with Crippen LogP contribution in [0.2, 0.25) is 0 Å². The Kier molecular flexibility index (Phi) is 11.2. The Morgan fingerprint density at radius 1 is 1.23 bits per heavy atom. The van der Waals surface area contributed by atoms with E-state index >= 15 is 0 Å². The third-order valence-corrected chi connectivity index (χ3v) is 3.58. The zero-order valence-corrected chi connectivity index (χ0v) is 16.9. The topological polar surface area (TPSA) is 58.3 Å². The molecule has 0 bridgehead atoms. The van der Waals surface area contributed by atoms with Crippen molar-refractivity contribution in [3.05, 3.63) is 11.6 Å². The van der Waals surface area contributed by atoms with Gasteiger partial charge in [-0.05, 0) is 19.8 Å². The van der Waals surface area contributed by atoms with Gasteiger partial charge in [0.05, 0.1) is 0 Å². The highest BCUT2D eigenvalue weighted by Crippen LogP contribution is 2.01. The van der Waals surface area contributed by atoms with Gasteiger partial charge in [0.2, 0.25) is 0 Å². The maximum Gasteiger partial charge on any atom is 0.194 e. The molecule has 1 rings (SSSR count). The van der Waals surface area contributed by atoms with Gasteiger partial charge in [-0.1, -0.05) is 26.7 Å². The summed E-state index contributed by atoms with van der Waals surface area (Å²) in [6, 6.07) is 0. The number of nitrogens with zero attached hydrogens (tertiary/aromatic N) is 5. The molecule has 0 saturated carbocycles. The molecule has 0 aliphatic heterocycles. The fourth-order valence-electron chi connectivity index (χ4n) is 1.92. The van der Waals surface area contributed by atoms with Crippen LogP contribution in [0.5, 0.6) is 0 Å². The standard InChI is InChI=1S/C15H30N6.HI/c1-6-8-10-16-15(20(4)11-9-7-2)17-12-14-19-18-13(3)21(14)5;/h6-12H2,1-5H3,(H,16,17);1H. The van der Waals surface area contributed by atoms with Crippen LogP contribution in [0.25, 0.3) is 0 Å². The average molecular weight is 422 g/mol. The minimum atomic E-state index is 0.